The number of nitrogens with zero attached hydrogens (tertiary/aromatic N) is 1. The lowest BCUT2D eigenvalue weighted by Gasteiger charge is -2.07. The van der Waals surface area contributed by atoms with E-state index in [9.17, 15) is 4.79 Å². The number of nitrogens with two attached hydrogens (primary N) is 1. The summed E-state index contributed by atoms with van der Waals surface area (Å²) in [5, 5.41) is 6.25. The first-order valence-electron chi connectivity index (χ1n) is 4.18. The molecule has 82 valence electrons. The highest BCUT2D eigenvalue weighted by Crippen LogP contribution is 2.21. The van der Waals surface area contributed by atoms with E-state index < -0.39 is 6.03 Å². The first-order chi connectivity index (χ1) is 7.09. The average molecular weight is 249 g/mol. The Balaban J connectivity index is 2.40. The van der Waals surface area contributed by atoms with Crippen molar-refractivity contribution in [1.82, 2.24) is 10.3 Å². The molecule has 1 aromatic rings. The van der Waals surface area contributed by atoms with Crippen molar-refractivity contribution in [3.63, 3.8) is 0 Å². The van der Waals surface area contributed by atoms with E-state index in [2.05, 4.69) is 15.6 Å². The highest BCUT2D eigenvalue weighted by molar-refractivity contribution is 6.35. The van der Waals surface area contributed by atoms with Crippen molar-refractivity contribution in [2.45, 2.75) is 0 Å². The molecule has 0 atom stereocenters. The molecule has 0 aliphatic carbocycles. The van der Waals surface area contributed by atoms with E-state index in [1.54, 1.807) is 6.07 Å². The third kappa shape index (κ3) is 4.22. The summed E-state index contributed by atoms with van der Waals surface area (Å²) < 4.78 is 0. The van der Waals surface area contributed by atoms with Crippen LogP contribution in [0.2, 0.25) is 10.0 Å². The van der Waals surface area contributed by atoms with Gasteiger partial charge >= 0.3 is 6.03 Å². The molecule has 1 rings (SSSR count). The predicted molar refractivity (Wildman–Crippen MR) is 60.3 cm³/mol. The van der Waals surface area contributed by atoms with Gasteiger partial charge in [-0.3, -0.25) is 0 Å². The lowest BCUT2D eigenvalue weighted by atomic mass is 10.4. The molecule has 7 heteroatoms. The normalized spacial score (nSPS) is 9.73. The van der Waals surface area contributed by atoms with Crippen LogP contribution in [0.15, 0.2) is 12.3 Å². The maximum atomic E-state index is 10.3. The van der Waals surface area contributed by atoms with Crippen molar-refractivity contribution in [1.29, 1.82) is 0 Å². The second-order valence-corrected chi connectivity index (χ2v) is 3.55. The van der Waals surface area contributed by atoms with Gasteiger partial charge in [0, 0.05) is 19.3 Å². The molecule has 0 fully saturated rings. The van der Waals surface area contributed by atoms with Crippen LogP contribution in [-0.2, 0) is 0 Å². The molecule has 0 saturated heterocycles. The van der Waals surface area contributed by atoms with Crippen molar-refractivity contribution in [3.05, 3.63) is 22.3 Å². The number of hydrogen-bond acceptors (Lipinski definition) is 3. The topological polar surface area (TPSA) is 80.0 Å². The number of hydrogen-bond donors (Lipinski definition) is 3. The molecule has 1 aromatic heterocycles. The number of primary amides is 1. The zero-order valence-electron chi connectivity index (χ0n) is 7.76. The summed E-state index contributed by atoms with van der Waals surface area (Å²) >= 11 is 11.5. The molecule has 0 aromatic carbocycles. The molecular formula is C8H10Cl2N4O. The van der Waals surface area contributed by atoms with Gasteiger partial charge in [0.05, 0.1) is 10.0 Å². The molecule has 0 spiro atoms. The lowest BCUT2D eigenvalue weighted by molar-refractivity contribution is 0.249. The predicted octanol–water partition coefficient (Wildman–Crippen LogP) is 1.47. The molecule has 0 radical (unpaired) electrons. The van der Waals surface area contributed by atoms with Crippen LogP contribution in [0.5, 0.6) is 0 Å². The molecule has 2 amide bonds. The molecule has 1 heterocycles. The van der Waals surface area contributed by atoms with Crippen molar-refractivity contribution in [2.75, 3.05) is 18.4 Å². The highest BCUT2D eigenvalue weighted by atomic mass is 35.5. The molecule has 0 saturated carbocycles. The zero-order chi connectivity index (χ0) is 11.3. The maximum Gasteiger partial charge on any atom is 0.312 e. The summed E-state index contributed by atoms with van der Waals surface area (Å²) in [7, 11) is 0. The number of urea groups is 1. The van der Waals surface area contributed by atoms with Gasteiger partial charge in [-0.05, 0) is 6.07 Å². The minimum absolute atomic E-state index is 0.399. The van der Waals surface area contributed by atoms with E-state index in [1.807, 2.05) is 0 Å². The first-order valence-corrected chi connectivity index (χ1v) is 4.93. The fraction of sp³-hybridized carbons (Fsp3) is 0.250. The first kappa shape index (κ1) is 11.9. The monoisotopic (exact) mass is 248 g/mol. The number of carbonyl (C=O) groups excluding carboxylic acids is 1. The fourth-order valence-corrected chi connectivity index (χ4v) is 1.36. The number of amides is 2. The molecule has 0 unspecified atom stereocenters. The van der Waals surface area contributed by atoms with Gasteiger partial charge in [-0.25, -0.2) is 9.78 Å². The fourth-order valence-electron chi connectivity index (χ4n) is 0.911. The van der Waals surface area contributed by atoms with Crippen LogP contribution in [0.4, 0.5) is 10.6 Å². The summed E-state index contributed by atoms with van der Waals surface area (Å²) in [5.41, 5.74) is 4.88. The van der Waals surface area contributed by atoms with E-state index in [0.717, 1.165) is 0 Å². The van der Waals surface area contributed by atoms with Crippen LogP contribution in [-0.4, -0.2) is 24.1 Å². The minimum atomic E-state index is -0.563. The Hall–Kier alpha value is -1.20. The van der Waals surface area contributed by atoms with E-state index >= 15 is 0 Å². The summed E-state index contributed by atoms with van der Waals surface area (Å²) in [5.74, 6) is 0.521. The van der Waals surface area contributed by atoms with Crippen LogP contribution in [0.25, 0.3) is 0 Å². The molecule has 0 aliphatic rings. The summed E-state index contributed by atoms with van der Waals surface area (Å²) in [4.78, 5) is 14.3. The van der Waals surface area contributed by atoms with E-state index in [0.29, 0.717) is 29.0 Å². The van der Waals surface area contributed by atoms with Gasteiger partial charge < -0.3 is 16.4 Å². The Bertz CT molecular complexity index is 358. The largest absolute Gasteiger partial charge is 0.367 e. The second kappa shape index (κ2) is 5.63. The Morgan fingerprint density at radius 3 is 2.80 bits per heavy atom. The van der Waals surface area contributed by atoms with Crippen molar-refractivity contribution in [3.8, 4) is 0 Å². The number of halogens is 2. The zero-order valence-corrected chi connectivity index (χ0v) is 9.27. The van der Waals surface area contributed by atoms with Crippen LogP contribution < -0.4 is 16.4 Å². The lowest BCUT2D eigenvalue weighted by Crippen LogP contribution is -2.33. The van der Waals surface area contributed by atoms with Crippen molar-refractivity contribution >= 4 is 35.1 Å². The molecular weight excluding hydrogens is 239 g/mol. The Morgan fingerprint density at radius 1 is 1.47 bits per heavy atom. The van der Waals surface area contributed by atoms with Crippen LogP contribution in [0.1, 0.15) is 0 Å². The van der Waals surface area contributed by atoms with Gasteiger partial charge in [0.1, 0.15) is 5.82 Å². The maximum absolute atomic E-state index is 10.3. The Labute approximate surface area is 97.0 Å². The molecule has 15 heavy (non-hydrogen) atoms. The smallest absolute Gasteiger partial charge is 0.312 e. The Kier molecular flexibility index (Phi) is 4.45. The minimum Gasteiger partial charge on any atom is -0.367 e. The molecule has 0 bridgehead atoms. The van der Waals surface area contributed by atoms with Crippen molar-refractivity contribution < 1.29 is 4.79 Å². The van der Waals surface area contributed by atoms with Gasteiger partial charge in [0.15, 0.2) is 0 Å². The average Bonchev–Trinajstić information content (AvgIpc) is 2.14. The third-order valence-corrected chi connectivity index (χ3v) is 2.02. The number of anilines is 1. The van der Waals surface area contributed by atoms with E-state index in [-0.39, 0.29) is 0 Å². The summed E-state index contributed by atoms with van der Waals surface area (Å²) in [6.45, 7) is 0.882. The molecule has 4 N–H and O–H groups in total. The van der Waals surface area contributed by atoms with Crippen molar-refractivity contribution in [2.24, 2.45) is 5.73 Å². The van der Waals surface area contributed by atoms with Crippen LogP contribution in [0, 0.1) is 0 Å². The second-order valence-electron chi connectivity index (χ2n) is 2.70. The van der Waals surface area contributed by atoms with E-state index in [1.165, 1.54) is 6.20 Å². The van der Waals surface area contributed by atoms with Crippen LogP contribution >= 0.6 is 23.2 Å². The highest BCUT2D eigenvalue weighted by Gasteiger charge is 2.01. The van der Waals surface area contributed by atoms with Gasteiger partial charge in [0.2, 0.25) is 0 Å². The number of aromatic nitrogens is 1. The standard InChI is InChI=1S/C8H10Cl2N4O/c9-5-3-6(10)7(14-4-5)12-1-2-13-8(11)15/h3-4H,1-2H2,(H,12,14)(H3,11,13,15). The van der Waals surface area contributed by atoms with E-state index in [4.69, 9.17) is 28.9 Å². The quantitative estimate of drug-likeness (QED) is 0.707. The third-order valence-electron chi connectivity index (χ3n) is 1.52. The van der Waals surface area contributed by atoms with Gasteiger partial charge in [-0.2, -0.15) is 0 Å². The number of rotatable bonds is 4. The summed E-state index contributed by atoms with van der Waals surface area (Å²) in [6, 6.07) is 1.02. The number of carbonyl (C=O) groups is 1. The van der Waals surface area contributed by atoms with Gasteiger partial charge in [-0.1, -0.05) is 23.2 Å². The Morgan fingerprint density at radius 2 is 2.20 bits per heavy atom. The molecule has 0 aliphatic heterocycles. The summed E-state index contributed by atoms with van der Waals surface area (Å²) in [6.07, 6.45) is 1.48. The number of nitrogens with one attached hydrogen (secondary N) is 2. The van der Waals surface area contributed by atoms with Gasteiger partial charge in [0.25, 0.3) is 0 Å². The molecule has 5 nitrogen and oxygen atoms in total. The van der Waals surface area contributed by atoms with Crippen LogP contribution in [0.3, 0.4) is 0 Å². The SMILES string of the molecule is NC(=O)NCCNc1ncc(Cl)cc1Cl. The van der Waals surface area contributed by atoms with Gasteiger partial charge in [-0.15, -0.1) is 0 Å². The number of pyridine rings is 1.